The van der Waals surface area contributed by atoms with Crippen molar-refractivity contribution < 1.29 is 9.21 Å². The van der Waals surface area contributed by atoms with Crippen molar-refractivity contribution in [2.24, 2.45) is 0 Å². The van der Waals surface area contributed by atoms with Crippen LogP contribution in [0.1, 0.15) is 21.8 Å². The smallest absolute Gasteiger partial charge is 0.274 e. The summed E-state index contributed by atoms with van der Waals surface area (Å²) in [5, 5.41) is 6.36. The number of carbonyl (C=O) groups is 1. The van der Waals surface area contributed by atoms with Crippen LogP contribution in [0.3, 0.4) is 0 Å². The van der Waals surface area contributed by atoms with Crippen molar-refractivity contribution in [1.29, 1.82) is 0 Å². The van der Waals surface area contributed by atoms with Gasteiger partial charge in [-0.05, 0) is 42.8 Å². The fourth-order valence-electron chi connectivity index (χ4n) is 2.02. The fraction of sp³-hybridized carbons (Fsp3) is 0.118. The molecule has 0 saturated carbocycles. The Balaban J connectivity index is 1.68. The van der Waals surface area contributed by atoms with Crippen molar-refractivity contribution in [1.82, 2.24) is 9.97 Å². The van der Waals surface area contributed by atoms with E-state index in [-0.39, 0.29) is 11.6 Å². The Labute approximate surface area is 143 Å². The van der Waals surface area contributed by atoms with E-state index in [4.69, 9.17) is 16.0 Å². The number of hydrogen-bond acceptors (Lipinski definition) is 5. The third kappa shape index (κ3) is 3.91. The van der Waals surface area contributed by atoms with Gasteiger partial charge in [0, 0.05) is 16.9 Å². The van der Waals surface area contributed by atoms with Crippen molar-refractivity contribution in [3.05, 3.63) is 70.9 Å². The SMILES string of the molecule is Cc1ccc(NC(=O)c2ccnc(NCc3ccco3)n2)cc1Cl. The highest BCUT2D eigenvalue weighted by Gasteiger charge is 2.10. The van der Waals surface area contributed by atoms with Crippen LogP contribution in [0.5, 0.6) is 0 Å². The van der Waals surface area contributed by atoms with E-state index in [1.165, 1.54) is 6.20 Å². The summed E-state index contributed by atoms with van der Waals surface area (Å²) < 4.78 is 5.22. The molecule has 0 aliphatic rings. The minimum atomic E-state index is -0.335. The summed E-state index contributed by atoms with van der Waals surface area (Å²) in [7, 11) is 0. The Morgan fingerprint density at radius 3 is 2.92 bits per heavy atom. The van der Waals surface area contributed by atoms with Crippen LogP contribution >= 0.6 is 11.6 Å². The summed E-state index contributed by atoms with van der Waals surface area (Å²) in [6.07, 6.45) is 3.11. The zero-order chi connectivity index (χ0) is 16.9. The van der Waals surface area contributed by atoms with Gasteiger partial charge in [-0.3, -0.25) is 4.79 Å². The van der Waals surface area contributed by atoms with Crippen molar-refractivity contribution in [3.63, 3.8) is 0 Å². The van der Waals surface area contributed by atoms with Gasteiger partial charge in [0.15, 0.2) is 0 Å². The second-order valence-electron chi connectivity index (χ2n) is 5.12. The number of aromatic nitrogens is 2. The van der Waals surface area contributed by atoms with Crippen LogP contribution in [-0.2, 0) is 6.54 Å². The predicted molar refractivity (Wildman–Crippen MR) is 92.2 cm³/mol. The van der Waals surface area contributed by atoms with E-state index in [0.29, 0.717) is 23.2 Å². The zero-order valence-electron chi connectivity index (χ0n) is 12.9. The standard InChI is InChI=1S/C17H15ClN4O2/c1-11-4-5-12(9-14(11)18)21-16(23)15-6-7-19-17(22-15)20-10-13-3-2-8-24-13/h2-9H,10H2,1H3,(H,21,23)(H,19,20,22). The van der Waals surface area contributed by atoms with E-state index in [9.17, 15) is 4.79 Å². The zero-order valence-corrected chi connectivity index (χ0v) is 13.7. The van der Waals surface area contributed by atoms with Crippen molar-refractivity contribution in [3.8, 4) is 0 Å². The van der Waals surface area contributed by atoms with Gasteiger partial charge in [-0.1, -0.05) is 17.7 Å². The normalized spacial score (nSPS) is 10.4. The summed E-state index contributed by atoms with van der Waals surface area (Å²) >= 11 is 6.06. The maximum atomic E-state index is 12.3. The molecule has 122 valence electrons. The summed E-state index contributed by atoms with van der Waals surface area (Å²) in [5.41, 5.74) is 1.81. The molecule has 3 rings (SSSR count). The molecule has 0 bridgehead atoms. The molecular weight excluding hydrogens is 328 g/mol. The van der Waals surface area contributed by atoms with E-state index in [0.717, 1.165) is 11.3 Å². The van der Waals surface area contributed by atoms with E-state index in [1.807, 2.05) is 19.1 Å². The lowest BCUT2D eigenvalue weighted by Gasteiger charge is -2.08. The first-order valence-corrected chi connectivity index (χ1v) is 7.66. The Morgan fingerprint density at radius 2 is 2.17 bits per heavy atom. The average molecular weight is 343 g/mol. The van der Waals surface area contributed by atoms with E-state index >= 15 is 0 Å². The molecule has 0 radical (unpaired) electrons. The van der Waals surface area contributed by atoms with Gasteiger partial charge in [0.05, 0.1) is 12.8 Å². The molecule has 2 aromatic heterocycles. The number of benzene rings is 1. The Hall–Kier alpha value is -2.86. The van der Waals surface area contributed by atoms with E-state index in [2.05, 4.69) is 20.6 Å². The number of furan rings is 1. The summed E-state index contributed by atoms with van der Waals surface area (Å²) in [4.78, 5) is 20.6. The minimum Gasteiger partial charge on any atom is -0.467 e. The molecule has 6 nitrogen and oxygen atoms in total. The number of carbonyl (C=O) groups excluding carboxylic acids is 1. The highest BCUT2D eigenvalue weighted by Crippen LogP contribution is 2.20. The van der Waals surface area contributed by atoms with Crippen LogP contribution in [0.2, 0.25) is 5.02 Å². The number of rotatable bonds is 5. The molecule has 0 spiro atoms. The van der Waals surface area contributed by atoms with Crippen molar-refractivity contribution in [2.75, 3.05) is 10.6 Å². The monoisotopic (exact) mass is 342 g/mol. The molecule has 0 aliphatic carbocycles. The molecule has 24 heavy (non-hydrogen) atoms. The van der Waals surface area contributed by atoms with Gasteiger partial charge in [0.1, 0.15) is 11.5 Å². The number of anilines is 2. The maximum Gasteiger partial charge on any atom is 0.274 e. The van der Waals surface area contributed by atoms with Crippen LogP contribution in [0.15, 0.2) is 53.3 Å². The van der Waals surface area contributed by atoms with Gasteiger partial charge in [0.25, 0.3) is 5.91 Å². The predicted octanol–water partition coefficient (Wildman–Crippen LogP) is 3.90. The van der Waals surface area contributed by atoms with Crippen LogP contribution in [0.25, 0.3) is 0 Å². The molecule has 1 aromatic carbocycles. The van der Waals surface area contributed by atoms with Crippen LogP contribution in [0, 0.1) is 6.92 Å². The Morgan fingerprint density at radius 1 is 1.29 bits per heavy atom. The molecule has 0 saturated heterocycles. The van der Waals surface area contributed by atoms with Crippen molar-refractivity contribution >= 4 is 29.1 Å². The van der Waals surface area contributed by atoms with E-state index in [1.54, 1.807) is 30.5 Å². The molecule has 7 heteroatoms. The number of halogens is 1. The molecule has 1 amide bonds. The minimum absolute atomic E-state index is 0.253. The lowest BCUT2D eigenvalue weighted by Crippen LogP contribution is -2.15. The highest BCUT2D eigenvalue weighted by molar-refractivity contribution is 6.31. The van der Waals surface area contributed by atoms with Crippen LogP contribution in [0.4, 0.5) is 11.6 Å². The van der Waals surface area contributed by atoms with Gasteiger partial charge < -0.3 is 15.1 Å². The number of nitrogens with zero attached hydrogens (tertiary/aromatic N) is 2. The van der Waals surface area contributed by atoms with Crippen LogP contribution < -0.4 is 10.6 Å². The summed E-state index contributed by atoms with van der Waals surface area (Å²) in [6.45, 7) is 2.33. The molecule has 3 aromatic rings. The number of hydrogen-bond donors (Lipinski definition) is 2. The Kier molecular flexibility index (Phi) is 4.77. The van der Waals surface area contributed by atoms with Gasteiger partial charge in [-0.25, -0.2) is 9.97 Å². The van der Waals surface area contributed by atoms with Gasteiger partial charge in [-0.2, -0.15) is 0 Å². The topological polar surface area (TPSA) is 80.0 Å². The molecule has 2 N–H and O–H groups in total. The molecule has 2 heterocycles. The lowest BCUT2D eigenvalue weighted by molar-refractivity contribution is 0.102. The fourth-order valence-corrected chi connectivity index (χ4v) is 2.20. The second-order valence-corrected chi connectivity index (χ2v) is 5.52. The quantitative estimate of drug-likeness (QED) is 0.735. The second kappa shape index (κ2) is 7.14. The third-order valence-corrected chi connectivity index (χ3v) is 3.73. The largest absolute Gasteiger partial charge is 0.467 e. The third-order valence-electron chi connectivity index (χ3n) is 3.32. The number of nitrogens with one attached hydrogen (secondary N) is 2. The van der Waals surface area contributed by atoms with E-state index < -0.39 is 0 Å². The van der Waals surface area contributed by atoms with Crippen molar-refractivity contribution in [2.45, 2.75) is 13.5 Å². The lowest BCUT2D eigenvalue weighted by atomic mass is 10.2. The Bertz CT molecular complexity index is 850. The van der Waals surface area contributed by atoms with Gasteiger partial charge in [-0.15, -0.1) is 0 Å². The summed E-state index contributed by atoms with van der Waals surface area (Å²) in [5.74, 6) is 0.766. The number of aryl methyl sites for hydroxylation is 1. The molecule has 0 unspecified atom stereocenters. The number of amides is 1. The van der Waals surface area contributed by atoms with Gasteiger partial charge >= 0.3 is 0 Å². The molecular formula is C17H15ClN4O2. The average Bonchev–Trinajstić information content (AvgIpc) is 3.10. The van der Waals surface area contributed by atoms with Gasteiger partial charge in [0.2, 0.25) is 5.95 Å². The first-order valence-electron chi connectivity index (χ1n) is 7.28. The molecule has 0 atom stereocenters. The first-order chi connectivity index (χ1) is 11.6. The first kappa shape index (κ1) is 16.0. The maximum absolute atomic E-state index is 12.3. The highest BCUT2D eigenvalue weighted by atomic mass is 35.5. The summed E-state index contributed by atoms with van der Waals surface area (Å²) in [6, 6.07) is 10.5. The van der Waals surface area contributed by atoms with Crippen LogP contribution in [-0.4, -0.2) is 15.9 Å². The molecule has 0 aliphatic heterocycles. The molecule has 0 fully saturated rings.